The minimum absolute atomic E-state index is 0.0913. The van der Waals surface area contributed by atoms with Crippen molar-refractivity contribution in [2.75, 3.05) is 7.11 Å². The molecule has 0 bridgehead atoms. The van der Waals surface area contributed by atoms with Crippen molar-refractivity contribution in [3.63, 3.8) is 0 Å². The number of aryl methyl sites for hydroxylation is 1. The third-order valence-corrected chi connectivity index (χ3v) is 6.69. The quantitative estimate of drug-likeness (QED) is 0.317. The molecule has 0 spiro atoms. The summed E-state index contributed by atoms with van der Waals surface area (Å²) in [6, 6.07) is 16.8. The molecule has 9 heteroatoms. The molecule has 1 atom stereocenters. The van der Waals surface area contributed by atoms with E-state index in [1.807, 2.05) is 54.6 Å². The van der Waals surface area contributed by atoms with Gasteiger partial charge in [0.2, 0.25) is 0 Å². The van der Waals surface area contributed by atoms with E-state index in [4.69, 9.17) is 9.47 Å². The molecule has 2 aromatic carbocycles. The second-order valence-corrected chi connectivity index (χ2v) is 8.62. The summed E-state index contributed by atoms with van der Waals surface area (Å²) >= 11 is 1.46. The number of benzene rings is 2. The normalized spacial score (nSPS) is 18.4. The van der Waals surface area contributed by atoms with Crippen molar-refractivity contribution < 1.29 is 19.1 Å². The molecular formula is C24H20N4O4S. The molecule has 0 saturated carbocycles. The number of esters is 1. The number of methoxy groups -OCH3 is 1. The maximum Gasteiger partial charge on any atom is 0.356 e. The highest BCUT2D eigenvalue weighted by atomic mass is 32.2. The van der Waals surface area contributed by atoms with Crippen LogP contribution in [-0.2, 0) is 28.0 Å². The van der Waals surface area contributed by atoms with E-state index in [1.54, 1.807) is 31.1 Å². The highest BCUT2D eigenvalue weighted by molar-refractivity contribution is 8.09. The molecule has 2 aliphatic heterocycles. The third kappa shape index (κ3) is 3.91. The van der Waals surface area contributed by atoms with Crippen molar-refractivity contribution in [3.05, 3.63) is 88.9 Å². The maximum absolute atomic E-state index is 13.2. The Morgan fingerprint density at radius 3 is 2.58 bits per heavy atom. The van der Waals surface area contributed by atoms with Crippen LogP contribution in [0.25, 0.3) is 11.0 Å². The van der Waals surface area contributed by atoms with Crippen LogP contribution < -0.4 is 4.74 Å². The lowest BCUT2D eigenvalue weighted by Gasteiger charge is -2.37. The SMILES string of the molecule is COc1ccc(COC(=O)C2=C(c3ccccc3)S[C@@H]3/C(=C\c4cn(C)nn4)C(=O)N23)cc1. The number of ether oxygens (including phenoxy) is 2. The van der Waals surface area contributed by atoms with Crippen LogP contribution in [0.4, 0.5) is 0 Å². The summed E-state index contributed by atoms with van der Waals surface area (Å²) in [7, 11) is 3.36. The van der Waals surface area contributed by atoms with Crippen LogP contribution in [0.3, 0.4) is 0 Å². The van der Waals surface area contributed by atoms with Crippen molar-refractivity contribution in [1.82, 2.24) is 19.9 Å². The Hall–Kier alpha value is -3.85. The van der Waals surface area contributed by atoms with E-state index in [1.165, 1.54) is 16.7 Å². The van der Waals surface area contributed by atoms with Crippen molar-refractivity contribution in [2.24, 2.45) is 7.05 Å². The predicted molar refractivity (Wildman–Crippen MR) is 123 cm³/mol. The second-order valence-electron chi connectivity index (χ2n) is 7.53. The van der Waals surface area contributed by atoms with Crippen LogP contribution in [-0.4, -0.2) is 44.3 Å². The van der Waals surface area contributed by atoms with Crippen LogP contribution in [0, 0.1) is 0 Å². The summed E-state index contributed by atoms with van der Waals surface area (Å²) in [6.45, 7) is 0.0913. The van der Waals surface area contributed by atoms with Gasteiger partial charge in [-0.15, -0.1) is 5.10 Å². The first-order chi connectivity index (χ1) is 16.0. The zero-order chi connectivity index (χ0) is 22.9. The standard InChI is InChI=1S/C24H20N4O4S/c1-27-13-17(25-26-27)12-19-22(29)28-20(21(33-23(19)28)16-6-4-3-5-7-16)24(30)32-14-15-8-10-18(31-2)11-9-15/h3-13,23H,14H2,1-2H3/b19-12-/t23-/m1/s1. The Balaban J connectivity index is 1.42. The number of nitrogens with zero attached hydrogens (tertiary/aromatic N) is 4. The molecule has 0 radical (unpaired) electrons. The van der Waals surface area contributed by atoms with Crippen molar-refractivity contribution in [1.29, 1.82) is 0 Å². The van der Waals surface area contributed by atoms with E-state index >= 15 is 0 Å². The number of hydrogen-bond donors (Lipinski definition) is 0. The van der Waals surface area contributed by atoms with Gasteiger partial charge < -0.3 is 9.47 Å². The third-order valence-electron chi connectivity index (χ3n) is 5.33. The van der Waals surface area contributed by atoms with Crippen LogP contribution >= 0.6 is 11.8 Å². The number of fused-ring (bicyclic) bond motifs is 1. The lowest BCUT2D eigenvalue weighted by Crippen LogP contribution is -2.51. The van der Waals surface area contributed by atoms with Gasteiger partial charge in [-0.05, 0) is 29.3 Å². The highest BCUT2D eigenvalue weighted by Crippen LogP contribution is 2.53. The Bertz CT molecular complexity index is 1280. The minimum atomic E-state index is -0.536. The lowest BCUT2D eigenvalue weighted by atomic mass is 10.0. The van der Waals surface area contributed by atoms with Gasteiger partial charge in [0, 0.05) is 12.0 Å². The molecule has 0 aliphatic carbocycles. The molecule has 1 saturated heterocycles. The van der Waals surface area contributed by atoms with Crippen LogP contribution in [0.15, 0.2) is 72.1 Å². The Morgan fingerprint density at radius 2 is 1.91 bits per heavy atom. The van der Waals surface area contributed by atoms with Gasteiger partial charge in [0.15, 0.2) is 0 Å². The van der Waals surface area contributed by atoms with Gasteiger partial charge in [0.05, 0.1) is 18.9 Å². The molecule has 5 rings (SSSR count). The number of carbonyl (C=O) groups excluding carboxylic acids is 2. The van der Waals surface area contributed by atoms with Gasteiger partial charge >= 0.3 is 5.97 Å². The zero-order valence-electron chi connectivity index (χ0n) is 18.0. The van der Waals surface area contributed by atoms with Gasteiger partial charge in [-0.25, -0.2) is 4.79 Å². The summed E-state index contributed by atoms with van der Waals surface area (Å²) in [5.41, 5.74) is 3.13. The van der Waals surface area contributed by atoms with Crippen molar-refractivity contribution in [2.45, 2.75) is 12.0 Å². The smallest absolute Gasteiger partial charge is 0.356 e. The van der Waals surface area contributed by atoms with E-state index in [0.717, 1.165) is 21.8 Å². The molecule has 8 nitrogen and oxygen atoms in total. The average Bonchev–Trinajstić information content (AvgIpc) is 3.43. The predicted octanol–water partition coefficient (Wildman–Crippen LogP) is 3.23. The summed E-state index contributed by atoms with van der Waals surface area (Å²) in [4.78, 5) is 28.4. The van der Waals surface area contributed by atoms with Crippen molar-refractivity contribution >= 4 is 34.6 Å². The fraction of sp³-hybridized carbons (Fsp3) is 0.167. The number of thioether (sulfide) groups is 1. The minimum Gasteiger partial charge on any atom is -0.497 e. The molecule has 1 fully saturated rings. The Kier molecular flexibility index (Phi) is 5.47. The molecule has 3 aromatic rings. The van der Waals surface area contributed by atoms with Gasteiger partial charge in [-0.2, -0.15) is 0 Å². The lowest BCUT2D eigenvalue weighted by molar-refractivity contribution is -0.146. The Morgan fingerprint density at radius 1 is 1.15 bits per heavy atom. The number of β-lactam (4-membered cyclic amide) rings is 1. The van der Waals surface area contributed by atoms with Gasteiger partial charge in [-0.1, -0.05) is 59.4 Å². The van der Waals surface area contributed by atoms with E-state index in [2.05, 4.69) is 10.3 Å². The maximum atomic E-state index is 13.2. The largest absolute Gasteiger partial charge is 0.497 e. The van der Waals surface area contributed by atoms with E-state index in [-0.39, 0.29) is 23.6 Å². The summed E-state index contributed by atoms with van der Waals surface area (Å²) in [6.07, 6.45) is 3.45. The van der Waals surface area contributed by atoms with Gasteiger partial charge in [-0.3, -0.25) is 14.4 Å². The van der Waals surface area contributed by atoms with E-state index in [0.29, 0.717) is 11.3 Å². The zero-order valence-corrected chi connectivity index (χ0v) is 18.8. The topological polar surface area (TPSA) is 86.5 Å². The summed E-state index contributed by atoms with van der Waals surface area (Å²) in [5.74, 6) is -0.0464. The van der Waals surface area contributed by atoms with E-state index < -0.39 is 5.97 Å². The van der Waals surface area contributed by atoms with Crippen LogP contribution in [0.2, 0.25) is 0 Å². The number of amides is 1. The van der Waals surface area contributed by atoms with Crippen LogP contribution in [0.1, 0.15) is 16.8 Å². The molecular weight excluding hydrogens is 440 g/mol. The number of hydrogen-bond acceptors (Lipinski definition) is 7. The highest BCUT2D eigenvalue weighted by Gasteiger charge is 2.53. The number of carbonyl (C=O) groups is 2. The fourth-order valence-corrected chi connectivity index (χ4v) is 5.08. The van der Waals surface area contributed by atoms with Crippen molar-refractivity contribution in [3.8, 4) is 5.75 Å². The molecule has 0 unspecified atom stereocenters. The first-order valence-electron chi connectivity index (χ1n) is 10.2. The summed E-state index contributed by atoms with van der Waals surface area (Å²) < 4.78 is 12.3. The van der Waals surface area contributed by atoms with Gasteiger partial charge in [0.1, 0.15) is 29.1 Å². The molecule has 1 aromatic heterocycles. The second kappa shape index (κ2) is 8.59. The number of aromatic nitrogens is 3. The average molecular weight is 461 g/mol. The van der Waals surface area contributed by atoms with E-state index in [9.17, 15) is 9.59 Å². The molecule has 1 amide bonds. The first kappa shape index (κ1) is 21.0. The Labute approximate surface area is 194 Å². The number of rotatable bonds is 6. The molecule has 166 valence electrons. The molecule has 0 N–H and O–H groups in total. The fourth-order valence-electron chi connectivity index (χ4n) is 3.68. The van der Waals surface area contributed by atoms with Crippen LogP contribution in [0.5, 0.6) is 5.75 Å². The molecule has 3 heterocycles. The summed E-state index contributed by atoms with van der Waals surface area (Å²) in [5, 5.41) is 7.63. The molecule has 2 aliphatic rings. The monoisotopic (exact) mass is 460 g/mol. The molecule has 33 heavy (non-hydrogen) atoms. The first-order valence-corrected chi connectivity index (χ1v) is 11.1. The van der Waals surface area contributed by atoms with Gasteiger partial charge in [0.25, 0.3) is 5.91 Å².